The predicted octanol–water partition coefficient (Wildman–Crippen LogP) is 3.72. The van der Waals surface area contributed by atoms with Gasteiger partial charge in [0.2, 0.25) is 0 Å². The lowest BCUT2D eigenvalue weighted by Gasteiger charge is -2.32. The highest BCUT2D eigenvalue weighted by molar-refractivity contribution is 7.13. The van der Waals surface area contributed by atoms with E-state index in [1.54, 1.807) is 11.3 Å². The Morgan fingerprint density at radius 3 is 2.85 bits per heavy atom. The number of aryl methyl sites for hydroxylation is 1. The third-order valence-electron chi connectivity index (χ3n) is 4.87. The summed E-state index contributed by atoms with van der Waals surface area (Å²) >= 11 is 1.58. The van der Waals surface area contributed by atoms with Crippen LogP contribution in [0.25, 0.3) is 0 Å². The Morgan fingerprint density at radius 1 is 1.23 bits per heavy atom. The van der Waals surface area contributed by atoms with Crippen LogP contribution >= 0.6 is 11.3 Å². The van der Waals surface area contributed by atoms with Crippen molar-refractivity contribution in [3.05, 3.63) is 70.2 Å². The van der Waals surface area contributed by atoms with Crippen molar-refractivity contribution in [2.24, 2.45) is 0 Å². The molecule has 1 amide bonds. The number of carbonyl (C=O) groups is 1. The number of thiophene rings is 1. The summed E-state index contributed by atoms with van der Waals surface area (Å²) in [6.45, 7) is 4.39. The third kappa shape index (κ3) is 3.55. The monoisotopic (exact) mass is 366 g/mol. The van der Waals surface area contributed by atoms with Crippen LogP contribution < -0.4 is 0 Å². The van der Waals surface area contributed by atoms with Crippen LogP contribution in [-0.4, -0.2) is 38.4 Å². The summed E-state index contributed by atoms with van der Waals surface area (Å²) < 4.78 is 2.20. The smallest absolute Gasteiger partial charge is 0.263 e. The summed E-state index contributed by atoms with van der Waals surface area (Å²) in [7, 11) is 0. The van der Waals surface area contributed by atoms with Crippen LogP contribution in [0.1, 0.15) is 44.7 Å². The maximum Gasteiger partial charge on any atom is 0.263 e. The second-order valence-corrected chi connectivity index (χ2v) is 8.06. The molecule has 1 fully saturated rings. The molecule has 0 bridgehead atoms. The van der Waals surface area contributed by atoms with Gasteiger partial charge in [0, 0.05) is 55.2 Å². The summed E-state index contributed by atoms with van der Waals surface area (Å²) in [4.78, 5) is 25.5. The second-order valence-electron chi connectivity index (χ2n) is 6.77. The number of imidazole rings is 1. The summed E-state index contributed by atoms with van der Waals surface area (Å²) in [6, 6.07) is 8.01. The van der Waals surface area contributed by atoms with Crippen molar-refractivity contribution in [1.82, 2.24) is 19.4 Å². The number of hydrogen-bond donors (Lipinski definition) is 0. The lowest BCUT2D eigenvalue weighted by Crippen LogP contribution is -2.39. The number of likely N-dealkylation sites (tertiary alicyclic amines) is 1. The van der Waals surface area contributed by atoms with E-state index in [4.69, 9.17) is 0 Å². The fourth-order valence-corrected chi connectivity index (χ4v) is 4.41. The Bertz CT molecular complexity index is 886. The molecule has 0 saturated carbocycles. The van der Waals surface area contributed by atoms with Gasteiger partial charge in [-0.15, -0.1) is 11.3 Å². The van der Waals surface area contributed by atoms with Gasteiger partial charge >= 0.3 is 0 Å². The zero-order valence-electron chi connectivity index (χ0n) is 14.8. The summed E-state index contributed by atoms with van der Waals surface area (Å²) in [5.74, 6) is 1.51. The minimum absolute atomic E-state index is 0.153. The standard InChI is InChI=1S/C20H22N4OS/c1-15-4-5-18(26-15)20(25)24-11-2-3-17(14-24)19-22-10-12-23(19)13-16-6-8-21-9-7-16/h4-10,12,17H,2-3,11,13-14H2,1H3. The van der Waals surface area contributed by atoms with E-state index in [2.05, 4.69) is 14.5 Å². The van der Waals surface area contributed by atoms with Crippen LogP contribution in [0, 0.1) is 6.92 Å². The highest BCUT2D eigenvalue weighted by Gasteiger charge is 2.28. The molecule has 3 aromatic heterocycles. The van der Waals surface area contributed by atoms with Gasteiger partial charge in [-0.25, -0.2) is 4.98 Å². The molecule has 26 heavy (non-hydrogen) atoms. The van der Waals surface area contributed by atoms with E-state index in [-0.39, 0.29) is 11.8 Å². The molecule has 6 heteroatoms. The first-order chi connectivity index (χ1) is 12.7. The molecule has 4 rings (SSSR count). The quantitative estimate of drug-likeness (QED) is 0.707. The average Bonchev–Trinajstić information content (AvgIpc) is 3.31. The summed E-state index contributed by atoms with van der Waals surface area (Å²) in [5.41, 5.74) is 1.21. The molecule has 0 aliphatic carbocycles. The van der Waals surface area contributed by atoms with Crippen LogP contribution in [0.2, 0.25) is 0 Å². The van der Waals surface area contributed by atoms with Gasteiger partial charge in [0.1, 0.15) is 5.82 Å². The first-order valence-electron chi connectivity index (χ1n) is 8.96. The van der Waals surface area contributed by atoms with E-state index in [0.29, 0.717) is 0 Å². The molecule has 0 aromatic carbocycles. The van der Waals surface area contributed by atoms with Gasteiger partial charge in [-0.1, -0.05) is 0 Å². The molecule has 5 nitrogen and oxygen atoms in total. The van der Waals surface area contributed by atoms with Crippen LogP contribution in [0.4, 0.5) is 0 Å². The number of hydrogen-bond acceptors (Lipinski definition) is 4. The fraction of sp³-hybridized carbons (Fsp3) is 0.350. The van der Waals surface area contributed by atoms with Gasteiger partial charge in [-0.2, -0.15) is 0 Å². The lowest BCUT2D eigenvalue weighted by atomic mass is 9.97. The molecule has 134 valence electrons. The molecule has 1 saturated heterocycles. The number of aromatic nitrogens is 3. The van der Waals surface area contributed by atoms with E-state index in [0.717, 1.165) is 43.2 Å². The van der Waals surface area contributed by atoms with E-state index in [9.17, 15) is 4.79 Å². The maximum atomic E-state index is 12.8. The number of carbonyl (C=O) groups excluding carboxylic acids is 1. The SMILES string of the molecule is Cc1ccc(C(=O)N2CCCC(c3nccn3Cc3ccncc3)C2)s1. The van der Waals surface area contributed by atoms with Gasteiger partial charge in [-0.05, 0) is 49.6 Å². The Balaban J connectivity index is 1.50. The molecule has 0 radical (unpaired) electrons. The topological polar surface area (TPSA) is 51.0 Å². The molecule has 1 aliphatic heterocycles. The zero-order valence-corrected chi connectivity index (χ0v) is 15.7. The minimum atomic E-state index is 0.153. The molecule has 1 atom stereocenters. The molecule has 1 aliphatic rings. The summed E-state index contributed by atoms with van der Waals surface area (Å²) in [6.07, 6.45) is 9.61. The molecule has 3 aromatic rings. The Hall–Kier alpha value is -2.47. The van der Waals surface area contributed by atoms with Crippen molar-refractivity contribution < 1.29 is 4.79 Å². The van der Waals surface area contributed by atoms with Crippen molar-refractivity contribution in [2.75, 3.05) is 13.1 Å². The molecule has 1 unspecified atom stereocenters. The van der Waals surface area contributed by atoms with E-state index < -0.39 is 0 Å². The van der Waals surface area contributed by atoms with Gasteiger partial charge < -0.3 is 9.47 Å². The van der Waals surface area contributed by atoms with Gasteiger partial charge in [0.05, 0.1) is 4.88 Å². The molecular formula is C20H22N4OS. The number of amides is 1. The van der Waals surface area contributed by atoms with Crippen LogP contribution in [0.15, 0.2) is 49.1 Å². The first-order valence-corrected chi connectivity index (χ1v) is 9.78. The Morgan fingerprint density at radius 2 is 2.08 bits per heavy atom. The minimum Gasteiger partial charge on any atom is -0.337 e. The Kier molecular flexibility index (Phi) is 4.84. The van der Waals surface area contributed by atoms with Crippen molar-refractivity contribution in [3.8, 4) is 0 Å². The lowest BCUT2D eigenvalue weighted by molar-refractivity contribution is 0.0708. The second kappa shape index (κ2) is 7.41. The van der Waals surface area contributed by atoms with E-state index >= 15 is 0 Å². The van der Waals surface area contributed by atoms with Crippen LogP contribution in [-0.2, 0) is 6.54 Å². The molecular weight excluding hydrogens is 344 g/mol. The van der Waals surface area contributed by atoms with E-state index in [1.165, 1.54) is 10.4 Å². The van der Waals surface area contributed by atoms with Gasteiger partial charge in [-0.3, -0.25) is 9.78 Å². The zero-order chi connectivity index (χ0) is 17.9. The van der Waals surface area contributed by atoms with Gasteiger partial charge in [0.15, 0.2) is 0 Å². The first kappa shape index (κ1) is 17.0. The number of rotatable bonds is 4. The van der Waals surface area contributed by atoms with Crippen LogP contribution in [0.5, 0.6) is 0 Å². The normalized spacial score (nSPS) is 17.4. The summed E-state index contributed by atoms with van der Waals surface area (Å²) in [5, 5.41) is 0. The van der Waals surface area contributed by atoms with E-state index in [1.807, 2.05) is 60.9 Å². The Labute approximate surface area is 157 Å². The average molecular weight is 366 g/mol. The van der Waals surface area contributed by atoms with Crippen molar-refractivity contribution in [2.45, 2.75) is 32.2 Å². The van der Waals surface area contributed by atoms with Crippen molar-refractivity contribution in [1.29, 1.82) is 0 Å². The number of piperidine rings is 1. The number of nitrogens with zero attached hydrogens (tertiary/aromatic N) is 4. The molecule has 4 heterocycles. The molecule has 0 N–H and O–H groups in total. The third-order valence-corrected chi connectivity index (χ3v) is 5.86. The highest BCUT2D eigenvalue weighted by Crippen LogP contribution is 2.28. The number of pyridine rings is 1. The van der Waals surface area contributed by atoms with Gasteiger partial charge in [0.25, 0.3) is 5.91 Å². The maximum absolute atomic E-state index is 12.8. The van der Waals surface area contributed by atoms with Crippen molar-refractivity contribution in [3.63, 3.8) is 0 Å². The molecule has 0 spiro atoms. The predicted molar refractivity (Wildman–Crippen MR) is 103 cm³/mol. The largest absolute Gasteiger partial charge is 0.337 e. The fourth-order valence-electron chi connectivity index (χ4n) is 3.58. The van der Waals surface area contributed by atoms with Crippen LogP contribution in [0.3, 0.4) is 0 Å². The van der Waals surface area contributed by atoms with Crippen molar-refractivity contribution >= 4 is 17.2 Å². The highest BCUT2D eigenvalue weighted by atomic mass is 32.1.